The van der Waals surface area contributed by atoms with Crippen LogP contribution in [0.4, 0.5) is 0 Å². The van der Waals surface area contributed by atoms with Crippen molar-refractivity contribution in [3.63, 3.8) is 0 Å². The number of fused-ring (bicyclic) bond motifs is 1. The summed E-state index contributed by atoms with van der Waals surface area (Å²) < 4.78 is 22.8. The van der Waals surface area contributed by atoms with Gasteiger partial charge in [-0.25, -0.2) is 18.4 Å². The standard InChI is InChI=1S/C10H13ClN2O2S/c1-6(16(2,14)15)10-12-8-5-3-4-7(8)9(11)13-10/h6H,3-5H2,1-2H3. The molecule has 0 bridgehead atoms. The molecule has 0 spiro atoms. The van der Waals surface area contributed by atoms with Crippen molar-refractivity contribution >= 4 is 21.4 Å². The van der Waals surface area contributed by atoms with Crippen molar-refractivity contribution in [1.82, 2.24) is 9.97 Å². The molecule has 4 nitrogen and oxygen atoms in total. The summed E-state index contributed by atoms with van der Waals surface area (Å²) in [6, 6.07) is 0. The summed E-state index contributed by atoms with van der Waals surface area (Å²) in [5.74, 6) is 0.313. The Hall–Kier alpha value is -0.680. The number of aryl methyl sites for hydroxylation is 1. The van der Waals surface area contributed by atoms with Gasteiger partial charge >= 0.3 is 0 Å². The van der Waals surface area contributed by atoms with Crippen LogP contribution in [0.25, 0.3) is 0 Å². The number of nitrogens with zero attached hydrogens (tertiary/aromatic N) is 2. The number of rotatable bonds is 2. The van der Waals surface area contributed by atoms with E-state index in [0.717, 1.165) is 30.5 Å². The summed E-state index contributed by atoms with van der Waals surface area (Å²) in [7, 11) is -3.17. The van der Waals surface area contributed by atoms with Crippen molar-refractivity contribution in [1.29, 1.82) is 0 Å². The molecule has 6 heteroatoms. The predicted molar refractivity (Wildman–Crippen MR) is 62.3 cm³/mol. The van der Waals surface area contributed by atoms with Gasteiger partial charge in [0.1, 0.15) is 16.2 Å². The smallest absolute Gasteiger partial charge is 0.157 e. The number of sulfone groups is 1. The monoisotopic (exact) mass is 260 g/mol. The molecule has 0 saturated carbocycles. The molecule has 1 aliphatic rings. The molecule has 1 aromatic heterocycles. The van der Waals surface area contributed by atoms with Crippen LogP contribution in [0.3, 0.4) is 0 Å². The van der Waals surface area contributed by atoms with E-state index in [2.05, 4.69) is 9.97 Å². The molecule has 2 rings (SSSR count). The second kappa shape index (κ2) is 3.96. The van der Waals surface area contributed by atoms with E-state index >= 15 is 0 Å². The van der Waals surface area contributed by atoms with Crippen molar-refractivity contribution in [3.8, 4) is 0 Å². The van der Waals surface area contributed by atoms with Crippen LogP contribution in [0.5, 0.6) is 0 Å². The maximum Gasteiger partial charge on any atom is 0.157 e. The first kappa shape index (κ1) is 11.8. The van der Waals surface area contributed by atoms with Gasteiger partial charge in [0.05, 0.1) is 0 Å². The van der Waals surface area contributed by atoms with Crippen LogP contribution in [-0.4, -0.2) is 24.6 Å². The number of hydrogen-bond acceptors (Lipinski definition) is 4. The maximum absolute atomic E-state index is 11.4. The molecular formula is C10H13ClN2O2S. The lowest BCUT2D eigenvalue weighted by atomic mass is 10.2. The van der Waals surface area contributed by atoms with Crippen LogP contribution < -0.4 is 0 Å². The minimum Gasteiger partial charge on any atom is -0.236 e. The Kier molecular flexibility index (Phi) is 2.92. The minimum atomic E-state index is -3.17. The summed E-state index contributed by atoms with van der Waals surface area (Å²) in [5.41, 5.74) is 1.89. The van der Waals surface area contributed by atoms with E-state index in [0.29, 0.717) is 11.0 Å². The molecule has 0 saturated heterocycles. The van der Waals surface area contributed by atoms with Gasteiger partial charge in [0.25, 0.3) is 0 Å². The second-order valence-corrected chi connectivity index (χ2v) is 6.85. The Morgan fingerprint density at radius 3 is 2.62 bits per heavy atom. The Bertz CT molecular complexity index is 528. The minimum absolute atomic E-state index is 0.313. The van der Waals surface area contributed by atoms with Gasteiger partial charge in [-0.2, -0.15) is 0 Å². The van der Waals surface area contributed by atoms with Crippen molar-refractivity contribution < 1.29 is 8.42 Å². The van der Waals surface area contributed by atoms with E-state index in [1.54, 1.807) is 6.92 Å². The predicted octanol–water partition coefficient (Wildman–Crippen LogP) is 1.72. The van der Waals surface area contributed by atoms with Crippen molar-refractivity contribution in [3.05, 3.63) is 22.2 Å². The molecular weight excluding hydrogens is 248 g/mol. The Morgan fingerprint density at radius 2 is 2.00 bits per heavy atom. The van der Waals surface area contributed by atoms with Crippen molar-refractivity contribution in [2.75, 3.05) is 6.26 Å². The largest absolute Gasteiger partial charge is 0.236 e. The number of hydrogen-bond donors (Lipinski definition) is 0. The van der Waals surface area contributed by atoms with Crippen LogP contribution in [0.2, 0.25) is 5.15 Å². The van der Waals surface area contributed by atoms with Gasteiger partial charge in [-0.1, -0.05) is 11.6 Å². The first-order chi connectivity index (χ1) is 7.39. The second-order valence-electron chi connectivity index (χ2n) is 4.12. The fourth-order valence-electron chi connectivity index (χ4n) is 1.78. The number of halogens is 1. The molecule has 0 amide bonds. The van der Waals surface area contributed by atoms with E-state index in [1.165, 1.54) is 6.26 Å². The Balaban J connectivity index is 2.49. The topological polar surface area (TPSA) is 59.9 Å². The molecule has 1 aliphatic carbocycles. The normalized spacial score (nSPS) is 17.2. The maximum atomic E-state index is 11.4. The third-order valence-electron chi connectivity index (χ3n) is 2.91. The van der Waals surface area contributed by atoms with E-state index in [4.69, 9.17) is 11.6 Å². The molecule has 1 heterocycles. The summed E-state index contributed by atoms with van der Waals surface area (Å²) in [5, 5.41) is -0.288. The fraction of sp³-hybridized carbons (Fsp3) is 0.600. The quantitative estimate of drug-likeness (QED) is 0.760. The van der Waals surface area contributed by atoms with Gasteiger partial charge < -0.3 is 0 Å². The SMILES string of the molecule is CC(c1nc(Cl)c2c(n1)CCC2)S(C)(=O)=O. The lowest BCUT2D eigenvalue weighted by molar-refractivity contribution is 0.589. The van der Waals surface area contributed by atoms with Crippen LogP contribution in [0, 0.1) is 0 Å². The van der Waals surface area contributed by atoms with Crippen molar-refractivity contribution in [2.45, 2.75) is 31.4 Å². The lowest BCUT2D eigenvalue weighted by Crippen LogP contribution is -2.13. The van der Waals surface area contributed by atoms with Gasteiger partial charge in [0.15, 0.2) is 9.84 Å². The average molecular weight is 261 g/mol. The molecule has 0 N–H and O–H groups in total. The third kappa shape index (κ3) is 2.06. The van der Waals surface area contributed by atoms with Crippen LogP contribution in [0.15, 0.2) is 0 Å². The molecule has 88 valence electrons. The zero-order valence-corrected chi connectivity index (χ0v) is 10.8. The van der Waals surface area contributed by atoms with Crippen molar-refractivity contribution in [2.24, 2.45) is 0 Å². The first-order valence-electron chi connectivity index (χ1n) is 5.13. The zero-order chi connectivity index (χ0) is 11.9. The molecule has 0 aliphatic heterocycles. The van der Waals surface area contributed by atoms with Gasteiger partial charge in [0, 0.05) is 17.5 Å². The highest BCUT2D eigenvalue weighted by atomic mass is 35.5. The summed E-state index contributed by atoms with van der Waals surface area (Å²) in [4.78, 5) is 8.39. The average Bonchev–Trinajstić information content (AvgIpc) is 2.63. The molecule has 1 atom stereocenters. The highest BCUT2D eigenvalue weighted by Gasteiger charge is 2.24. The van der Waals surface area contributed by atoms with E-state index in [1.807, 2.05) is 0 Å². The van der Waals surface area contributed by atoms with Crippen LogP contribution in [0.1, 0.15) is 35.7 Å². The first-order valence-corrected chi connectivity index (χ1v) is 7.47. The number of aromatic nitrogens is 2. The molecule has 0 radical (unpaired) electrons. The van der Waals surface area contributed by atoms with E-state index < -0.39 is 15.1 Å². The van der Waals surface area contributed by atoms with Gasteiger partial charge in [-0.3, -0.25) is 0 Å². The highest BCUT2D eigenvalue weighted by molar-refractivity contribution is 7.90. The summed E-state index contributed by atoms with van der Waals surface area (Å²) >= 11 is 6.02. The van der Waals surface area contributed by atoms with Gasteiger partial charge in [-0.05, 0) is 26.2 Å². The van der Waals surface area contributed by atoms with Crippen LogP contribution in [-0.2, 0) is 22.7 Å². The Labute approximate surface area is 100.0 Å². The molecule has 0 fully saturated rings. The summed E-state index contributed by atoms with van der Waals surface area (Å²) in [6.45, 7) is 1.59. The molecule has 1 unspecified atom stereocenters. The molecule has 1 aromatic rings. The Morgan fingerprint density at radius 1 is 1.31 bits per heavy atom. The zero-order valence-electron chi connectivity index (χ0n) is 9.20. The van der Waals surface area contributed by atoms with Crippen LogP contribution >= 0.6 is 11.6 Å². The third-order valence-corrected chi connectivity index (χ3v) is 4.71. The van der Waals surface area contributed by atoms with Gasteiger partial charge in [0.2, 0.25) is 0 Å². The van der Waals surface area contributed by atoms with E-state index in [9.17, 15) is 8.42 Å². The van der Waals surface area contributed by atoms with Gasteiger partial charge in [-0.15, -0.1) is 0 Å². The molecule has 16 heavy (non-hydrogen) atoms. The lowest BCUT2D eigenvalue weighted by Gasteiger charge is -2.10. The van der Waals surface area contributed by atoms with E-state index in [-0.39, 0.29) is 0 Å². The molecule has 0 aromatic carbocycles. The summed E-state index contributed by atoms with van der Waals surface area (Å²) in [6.07, 6.45) is 3.95. The highest BCUT2D eigenvalue weighted by Crippen LogP contribution is 2.28. The fourth-order valence-corrected chi connectivity index (χ4v) is 2.56.